The number of guanidine groups is 1. The van der Waals surface area contributed by atoms with E-state index in [1.807, 2.05) is 43.3 Å². The quantitative estimate of drug-likeness (QED) is 0.641. The first-order chi connectivity index (χ1) is 16.6. The van der Waals surface area contributed by atoms with E-state index in [1.54, 1.807) is 18.8 Å². The molecule has 5 rings (SSSR count). The van der Waals surface area contributed by atoms with Crippen LogP contribution in [0.2, 0.25) is 0 Å². The standard InChI is InChI=1S/C25H28N6O3/c1-17-16-22(32)31-23(20-6-4-5-7-21(20)34-3)27-24(28-25(31)26-17)30-14-12-29(13-15-30)18-8-10-19(33-2)11-9-18/h4-11,16,23H,12-15H2,1-3H3,(H,26,27,28)/t23-/m1/s1. The van der Waals surface area contributed by atoms with Crippen molar-refractivity contribution in [2.45, 2.75) is 13.1 Å². The molecule has 1 fully saturated rings. The van der Waals surface area contributed by atoms with E-state index in [0.717, 1.165) is 37.5 Å². The molecule has 9 nitrogen and oxygen atoms in total. The lowest BCUT2D eigenvalue weighted by Crippen LogP contribution is -2.52. The molecule has 0 unspecified atom stereocenters. The van der Waals surface area contributed by atoms with Crippen LogP contribution in [-0.2, 0) is 0 Å². The Labute approximate surface area is 198 Å². The molecule has 3 heterocycles. The topological polar surface area (TPSA) is 84.2 Å². The average molecular weight is 461 g/mol. The van der Waals surface area contributed by atoms with Crippen LogP contribution in [-0.4, -0.2) is 60.8 Å². The number of piperazine rings is 1. The van der Waals surface area contributed by atoms with E-state index in [9.17, 15) is 4.79 Å². The van der Waals surface area contributed by atoms with Crippen molar-refractivity contribution in [2.75, 3.05) is 50.6 Å². The van der Waals surface area contributed by atoms with Crippen LogP contribution >= 0.6 is 0 Å². The van der Waals surface area contributed by atoms with Gasteiger partial charge in [0.05, 0.1) is 14.2 Å². The Morgan fingerprint density at radius 3 is 2.35 bits per heavy atom. The number of nitrogens with zero attached hydrogens (tertiary/aromatic N) is 5. The number of fused-ring (bicyclic) bond motifs is 1. The Morgan fingerprint density at radius 1 is 0.941 bits per heavy atom. The number of para-hydroxylation sites is 1. The second-order valence-electron chi connectivity index (χ2n) is 8.29. The molecular weight excluding hydrogens is 432 g/mol. The molecule has 1 aromatic heterocycles. The minimum atomic E-state index is -0.567. The maximum Gasteiger partial charge on any atom is 0.257 e. The first-order valence-electron chi connectivity index (χ1n) is 11.3. The highest BCUT2D eigenvalue weighted by molar-refractivity contribution is 5.93. The monoisotopic (exact) mass is 460 g/mol. The third-order valence-corrected chi connectivity index (χ3v) is 6.23. The summed E-state index contributed by atoms with van der Waals surface area (Å²) in [6.45, 7) is 5.08. The van der Waals surface area contributed by atoms with Crippen molar-refractivity contribution < 1.29 is 9.47 Å². The number of aryl methyl sites for hydroxylation is 1. The molecule has 9 heteroatoms. The largest absolute Gasteiger partial charge is 0.497 e. The summed E-state index contributed by atoms with van der Waals surface area (Å²) in [5.41, 5.74) is 2.49. The number of aliphatic imine (C=N–C) groups is 1. The molecule has 176 valence electrons. The van der Waals surface area contributed by atoms with Crippen LogP contribution in [0.15, 0.2) is 64.4 Å². The minimum absolute atomic E-state index is 0.155. The van der Waals surface area contributed by atoms with Crippen molar-refractivity contribution in [1.82, 2.24) is 14.5 Å². The third kappa shape index (κ3) is 4.05. The summed E-state index contributed by atoms with van der Waals surface area (Å²) in [5.74, 6) is 2.73. The van der Waals surface area contributed by atoms with Gasteiger partial charge in [0.2, 0.25) is 11.9 Å². The van der Waals surface area contributed by atoms with Gasteiger partial charge in [-0.25, -0.2) is 9.98 Å². The molecule has 0 saturated carbocycles. The Kier molecular flexibility index (Phi) is 5.83. The van der Waals surface area contributed by atoms with Gasteiger partial charge < -0.3 is 19.3 Å². The summed E-state index contributed by atoms with van der Waals surface area (Å²) in [7, 11) is 3.30. The highest BCUT2D eigenvalue weighted by Gasteiger charge is 2.30. The van der Waals surface area contributed by atoms with E-state index in [4.69, 9.17) is 14.5 Å². The van der Waals surface area contributed by atoms with Gasteiger partial charge in [-0.3, -0.25) is 14.7 Å². The van der Waals surface area contributed by atoms with Crippen LogP contribution in [0.3, 0.4) is 0 Å². The van der Waals surface area contributed by atoms with Crippen molar-refractivity contribution >= 4 is 17.6 Å². The van der Waals surface area contributed by atoms with Gasteiger partial charge in [-0.05, 0) is 37.3 Å². The lowest BCUT2D eigenvalue weighted by Gasteiger charge is -2.39. The van der Waals surface area contributed by atoms with Gasteiger partial charge in [0.25, 0.3) is 5.56 Å². The van der Waals surface area contributed by atoms with Crippen LogP contribution in [0.5, 0.6) is 11.5 Å². The maximum absolute atomic E-state index is 12.9. The highest BCUT2D eigenvalue weighted by atomic mass is 16.5. The van der Waals surface area contributed by atoms with E-state index in [2.05, 4.69) is 32.2 Å². The molecule has 0 radical (unpaired) electrons. The van der Waals surface area contributed by atoms with Gasteiger partial charge in [0.1, 0.15) is 11.5 Å². The van der Waals surface area contributed by atoms with E-state index in [0.29, 0.717) is 23.4 Å². The summed E-state index contributed by atoms with van der Waals surface area (Å²) in [5, 5.41) is 3.31. The molecule has 2 aromatic carbocycles. The van der Waals surface area contributed by atoms with Gasteiger partial charge in [0, 0.05) is 49.2 Å². The second-order valence-corrected chi connectivity index (χ2v) is 8.29. The van der Waals surface area contributed by atoms with Gasteiger partial charge in [-0.15, -0.1) is 0 Å². The lowest BCUT2D eigenvalue weighted by atomic mass is 10.1. The third-order valence-electron chi connectivity index (χ3n) is 6.23. The average Bonchev–Trinajstić information content (AvgIpc) is 2.88. The molecule has 0 aliphatic carbocycles. The van der Waals surface area contributed by atoms with Crippen molar-refractivity contribution in [1.29, 1.82) is 0 Å². The molecule has 2 aliphatic heterocycles. The Morgan fingerprint density at radius 2 is 1.65 bits per heavy atom. The normalized spacial score (nSPS) is 17.5. The van der Waals surface area contributed by atoms with Crippen LogP contribution in [0.4, 0.5) is 11.6 Å². The molecule has 0 amide bonds. The summed E-state index contributed by atoms with van der Waals surface area (Å²) >= 11 is 0. The van der Waals surface area contributed by atoms with E-state index < -0.39 is 6.17 Å². The van der Waals surface area contributed by atoms with Gasteiger partial charge >= 0.3 is 0 Å². The number of anilines is 2. The molecule has 0 bridgehead atoms. The number of hydrogen-bond acceptors (Lipinski definition) is 8. The SMILES string of the molecule is COc1ccc(N2CCN(C3=N[C@@H](c4ccccc4OC)n4c(nc(C)cc4=O)N3)CC2)cc1. The summed E-state index contributed by atoms with van der Waals surface area (Å²) < 4.78 is 12.4. The smallest absolute Gasteiger partial charge is 0.257 e. The van der Waals surface area contributed by atoms with Crippen molar-refractivity contribution in [3.8, 4) is 11.5 Å². The van der Waals surface area contributed by atoms with Crippen molar-refractivity contribution in [3.63, 3.8) is 0 Å². The fourth-order valence-electron chi connectivity index (χ4n) is 4.45. The molecule has 34 heavy (non-hydrogen) atoms. The molecule has 1 N–H and O–H groups in total. The number of hydrogen-bond donors (Lipinski definition) is 1. The number of rotatable bonds is 4. The van der Waals surface area contributed by atoms with E-state index in [-0.39, 0.29) is 5.56 Å². The zero-order chi connectivity index (χ0) is 23.7. The van der Waals surface area contributed by atoms with Gasteiger partial charge in [-0.2, -0.15) is 0 Å². The first-order valence-corrected chi connectivity index (χ1v) is 11.3. The predicted molar refractivity (Wildman–Crippen MR) is 132 cm³/mol. The molecule has 1 atom stereocenters. The zero-order valence-electron chi connectivity index (χ0n) is 19.6. The first kappa shape index (κ1) is 21.8. The maximum atomic E-state index is 12.9. The Balaban J connectivity index is 1.44. The molecule has 1 saturated heterocycles. The number of aromatic nitrogens is 2. The van der Waals surface area contributed by atoms with Gasteiger partial charge in [0.15, 0.2) is 6.17 Å². The molecular formula is C25H28N6O3. The minimum Gasteiger partial charge on any atom is -0.497 e. The number of benzene rings is 2. The van der Waals surface area contributed by atoms with Gasteiger partial charge in [-0.1, -0.05) is 18.2 Å². The summed E-state index contributed by atoms with van der Waals surface area (Å²) in [6.07, 6.45) is -0.567. The molecule has 2 aliphatic rings. The zero-order valence-corrected chi connectivity index (χ0v) is 19.6. The van der Waals surface area contributed by atoms with Crippen LogP contribution in [0.1, 0.15) is 17.4 Å². The fourth-order valence-corrected chi connectivity index (χ4v) is 4.45. The number of nitrogens with one attached hydrogen (secondary N) is 1. The van der Waals surface area contributed by atoms with Crippen LogP contribution in [0, 0.1) is 6.92 Å². The summed E-state index contributed by atoms with van der Waals surface area (Å²) in [4.78, 5) is 27.1. The fraction of sp³-hybridized carbons (Fsp3) is 0.320. The van der Waals surface area contributed by atoms with E-state index in [1.165, 1.54) is 11.8 Å². The van der Waals surface area contributed by atoms with Crippen LogP contribution < -0.4 is 25.2 Å². The Bertz CT molecular complexity index is 1260. The number of methoxy groups -OCH3 is 2. The molecule has 3 aromatic rings. The predicted octanol–water partition coefficient (Wildman–Crippen LogP) is 2.72. The summed E-state index contributed by atoms with van der Waals surface area (Å²) in [6, 6.07) is 17.3. The van der Waals surface area contributed by atoms with Crippen LogP contribution in [0.25, 0.3) is 0 Å². The van der Waals surface area contributed by atoms with Crippen molar-refractivity contribution in [2.24, 2.45) is 4.99 Å². The lowest BCUT2D eigenvalue weighted by molar-refractivity contribution is 0.373. The Hall–Kier alpha value is -4.01. The van der Waals surface area contributed by atoms with E-state index >= 15 is 0 Å². The second kappa shape index (κ2) is 9.09. The number of ether oxygens (including phenoxy) is 2. The van der Waals surface area contributed by atoms with Crippen molar-refractivity contribution in [3.05, 3.63) is 76.2 Å². The molecule has 0 spiro atoms. The highest BCUT2D eigenvalue weighted by Crippen LogP contribution is 2.32.